The number of guanidine groups is 2. The highest BCUT2D eigenvalue weighted by molar-refractivity contribution is 5.96. The Morgan fingerprint density at radius 1 is 0.468 bits per heavy atom. The van der Waals surface area contributed by atoms with E-state index in [2.05, 4.69) is 52.5 Å². The van der Waals surface area contributed by atoms with Gasteiger partial charge in [-0.05, 0) is 45.1 Å². The van der Waals surface area contributed by atoms with E-state index >= 15 is 0 Å². The normalized spacial score (nSPS) is 12.3. The first-order valence-electron chi connectivity index (χ1n) is 19.2. The summed E-state index contributed by atoms with van der Waals surface area (Å²) in [4.78, 5) is 130. The fourth-order valence-electron chi connectivity index (χ4n) is 4.69. The van der Waals surface area contributed by atoms with Crippen LogP contribution in [0.5, 0.6) is 0 Å². The highest BCUT2D eigenvalue weighted by Gasteiger charge is 2.30. The van der Waals surface area contributed by atoms with Crippen molar-refractivity contribution in [3.05, 3.63) is 0 Å². The molecule has 4 atom stereocenters. The number of hydrogen-bond donors (Lipinski definition) is 17. The molecule has 0 fully saturated rings. The number of carboxylic acid groups (broad SMARTS) is 1. The highest BCUT2D eigenvalue weighted by atomic mass is 16.4. The monoisotopic (exact) mass is 887 g/mol. The second-order valence-corrected chi connectivity index (χ2v) is 13.1. The largest absolute Gasteiger partial charge is 0.480 e. The van der Waals surface area contributed by atoms with Crippen LogP contribution < -0.4 is 82.3 Å². The number of aliphatic hydroxyl groups is 1. The van der Waals surface area contributed by atoms with Gasteiger partial charge in [0.25, 0.3) is 0 Å². The smallest absolute Gasteiger partial charge is 0.322 e. The predicted octanol–water partition coefficient (Wildman–Crippen LogP) is -10.2. The quantitative estimate of drug-likeness (QED) is 0.0169. The number of nitrogens with zero attached hydrogens (tertiary/aromatic N) is 2. The van der Waals surface area contributed by atoms with Gasteiger partial charge in [0.15, 0.2) is 11.9 Å². The number of carbonyl (C=O) groups excluding carboxylic acids is 9. The van der Waals surface area contributed by atoms with E-state index in [0.717, 1.165) is 0 Å². The van der Waals surface area contributed by atoms with E-state index in [0.29, 0.717) is 19.4 Å². The van der Waals surface area contributed by atoms with Crippen molar-refractivity contribution in [1.82, 2.24) is 47.9 Å². The summed E-state index contributed by atoms with van der Waals surface area (Å²) in [5.41, 5.74) is 32.9. The van der Waals surface area contributed by atoms with Gasteiger partial charge in [-0.25, -0.2) is 0 Å². The molecule has 0 bridgehead atoms. The lowest BCUT2D eigenvalue weighted by Gasteiger charge is -2.25. The second kappa shape index (κ2) is 32.0. The fourth-order valence-corrected chi connectivity index (χ4v) is 4.69. The van der Waals surface area contributed by atoms with E-state index in [1.165, 1.54) is 0 Å². The third-order valence-corrected chi connectivity index (χ3v) is 7.92. The average molecular weight is 888 g/mol. The molecule has 23 N–H and O–H groups in total. The van der Waals surface area contributed by atoms with Crippen LogP contribution in [0.4, 0.5) is 0 Å². The van der Waals surface area contributed by atoms with Crippen molar-refractivity contribution in [1.29, 1.82) is 0 Å². The van der Waals surface area contributed by atoms with E-state index in [9.17, 15) is 53.1 Å². The summed E-state index contributed by atoms with van der Waals surface area (Å²) in [6, 6.07) is -5.20. The number of nitrogens with two attached hydrogens (primary N) is 6. The molecule has 9 amide bonds. The molecule has 0 saturated heterocycles. The first-order valence-corrected chi connectivity index (χ1v) is 19.2. The molecule has 0 radical (unpaired) electrons. The van der Waals surface area contributed by atoms with Crippen molar-refractivity contribution in [2.45, 2.75) is 69.1 Å². The average Bonchev–Trinajstić information content (AvgIpc) is 3.22. The van der Waals surface area contributed by atoms with Crippen molar-refractivity contribution in [2.75, 3.05) is 65.5 Å². The van der Waals surface area contributed by atoms with Gasteiger partial charge in [-0.15, -0.1) is 0 Å². The van der Waals surface area contributed by atoms with Gasteiger partial charge in [0.2, 0.25) is 53.2 Å². The molecule has 29 nitrogen and oxygen atoms in total. The van der Waals surface area contributed by atoms with Gasteiger partial charge in [-0.3, -0.25) is 57.9 Å². The van der Waals surface area contributed by atoms with Crippen LogP contribution in [-0.2, 0) is 47.9 Å². The molecule has 0 saturated carbocycles. The van der Waals surface area contributed by atoms with Gasteiger partial charge in [0.1, 0.15) is 24.7 Å². The molecule has 0 aromatic rings. The first kappa shape index (κ1) is 55.1. The SMILES string of the molecule is NCCCC[C@H](N)C(=O)N[C@@H](CCCN=C(N)N)C(=O)N[C@@H](CO)C(=O)N[C@@H](CCCN=C(N)N)C(=O)NCC(=O)NCC(=O)NCC(=O)NCC(=O)NCC(=O)NCC(=O)O. The van der Waals surface area contributed by atoms with E-state index in [-0.39, 0.29) is 57.1 Å². The van der Waals surface area contributed by atoms with Crippen LogP contribution in [0, 0.1) is 0 Å². The number of aliphatic carboxylic acids is 1. The Morgan fingerprint density at radius 3 is 1.24 bits per heavy atom. The molecule has 0 aliphatic carbocycles. The van der Waals surface area contributed by atoms with E-state index in [4.69, 9.17) is 39.5 Å². The van der Waals surface area contributed by atoms with Crippen molar-refractivity contribution >= 4 is 71.1 Å². The molecule has 0 heterocycles. The maximum Gasteiger partial charge on any atom is 0.322 e. The summed E-state index contributed by atoms with van der Waals surface area (Å²) >= 11 is 0. The lowest BCUT2D eigenvalue weighted by Crippen LogP contribution is -2.59. The molecular weight excluding hydrogens is 826 g/mol. The minimum absolute atomic E-state index is 0.00272. The van der Waals surface area contributed by atoms with E-state index in [1.54, 1.807) is 0 Å². The number of nitrogens with one attached hydrogen (secondary N) is 9. The third-order valence-electron chi connectivity index (χ3n) is 7.92. The van der Waals surface area contributed by atoms with Crippen molar-refractivity contribution < 1.29 is 58.2 Å². The molecule has 350 valence electrons. The zero-order valence-electron chi connectivity index (χ0n) is 34.2. The Labute approximate surface area is 355 Å². The lowest BCUT2D eigenvalue weighted by atomic mass is 10.1. The minimum Gasteiger partial charge on any atom is -0.480 e. The Kier molecular flexibility index (Phi) is 28.4. The molecule has 29 heteroatoms. The summed E-state index contributed by atoms with van der Waals surface area (Å²) < 4.78 is 0. The number of carbonyl (C=O) groups is 10. The molecule has 0 unspecified atom stereocenters. The van der Waals surface area contributed by atoms with Crippen LogP contribution in [-0.4, -0.2) is 171 Å². The highest BCUT2D eigenvalue weighted by Crippen LogP contribution is 2.05. The summed E-state index contributed by atoms with van der Waals surface area (Å²) in [5, 5.41) is 38.8. The molecule has 0 aromatic heterocycles. The fraction of sp³-hybridized carbons (Fsp3) is 0.636. The molecule has 0 aromatic carbocycles. The maximum atomic E-state index is 13.3. The molecule has 0 spiro atoms. The summed E-state index contributed by atoms with van der Waals surface area (Å²) in [6.45, 7) is -4.10. The van der Waals surface area contributed by atoms with E-state index < -0.39 is 129 Å². The van der Waals surface area contributed by atoms with E-state index in [1.807, 2.05) is 5.32 Å². The maximum absolute atomic E-state index is 13.3. The molecule has 62 heavy (non-hydrogen) atoms. The van der Waals surface area contributed by atoms with Gasteiger partial charge in [0.05, 0.1) is 45.4 Å². The molecule has 0 aliphatic heterocycles. The van der Waals surface area contributed by atoms with Crippen LogP contribution in [0.1, 0.15) is 44.9 Å². The summed E-state index contributed by atoms with van der Waals surface area (Å²) in [7, 11) is 0. The Bertz CT molecular complexity index is 1590. The zero-order valence-corrected chi connectivity index (χ0v) is 34.2. The second-order valence-electron chi connectivity index (χ2n) is 13.1. The Hall–Kier alpha value is -6.88. The number of amides is 9. The first-order chi connectivity index (χ1) is 29.3. The predicted molar refractivity (Wildman–Crippen MR) is 219 cm³/mol. The van der Waals surface area contributed by atoms with Crippen LogP contribution >= 0.6 is 0 Å². The number of aliphatic imine (C=N–C) groups is 2. The molecular formula is C33H61N17O12. The Morgan fingerprint density at radius 2 is 0.839 bits per heavy atom. The van der Waals surface area contributed by atoms with Crippen LogP contribution in [0.25, 0.3) is 0 Å². The number of rotatable bonds is 32. The Balaban J connectivity index is 5.32. The summed E-state index contributed by atoms with van der Waals surface area (Å²) in [5.74, 6) is -9.20. The third kappa shape index (κ3) is 27.7. The van der Waals surface area contributed by atoms with Crippen molar-refractivity contribution in [2.24, 2.45) is 44.4 Å². The standard InChI is InChI=1S/C33H61N17O12/c34-8-2-1-5-18(35)28(59)48-20(7-4-10-41-33(38)39)30(61)50-21(17-51)31(62)49-19(6-3-9-40-32(36)37)29(60)47-15-26(56)45-13-24(54)43-11-22(52)42-12-23(53)44-14-25(55)46-16-27(57)58/h18-21,51H,1-17,34-35H2,(H,42,52)(H,43,54)(H,44,53)(H,45,56)(H,46,55)(H,47,60)(H,48,59)(H,49,62)(H,50,61)(H,57,58)(H4,36,37,40)(H4,38,39,41)/t18-,19-,20-,21-/m0/s1. The topological polar surface area (TPSA) is 500 Å². The van der Waals surface area contributed by atoms with Crippen molar-refractivity contribution in [3.8, 4) is 0 Å². The van der Waals surface area contributed by atoms with Gasteiger partial charge in [-0.1, -0.05) is 6.42 Å². The molecule has 0 rings (SSSR count). The van der Waals surface area contributed by atoms with Gasteiger partial charge >= 0.3 is 5.97 Å². The number of hydrogen-bond acceptors (Lipinski definition) is 15. The molecule has 0 aliphatic rings. The zero-order chi connectivity index (χ0) is 47.0. The lowest BCUT2D eigenvalue weighted by molar-refractivity contribution is -0.138. The van der Waals surface area contributed by atoms with Gasteiger partial charge < -0.3 is 92.5 Å². The van der Waals surface area contributed by atoms with Crippen LogP contribution in [0.2, 0.25) is 0 Å². The van der Waals surface area contributed by atoms with Crippen LogP contribution in [0.15, 0.2) is 9.98 Å². The van der Waals surface area contributed by atoms with Crippen molar-refractivity contribution in [3.63, 3.8) is 0 Å². The number of unbranched alkanes of at least 4 members (excludes halogenated alkanes) is 1. The van der Waals surface area contributed by atoms with Gasteiger partial charge in [0, 0.05) is 13.1 Å². The summed E-state index contributed by atoms with van der Waals surface area (Å²) in [6.07, 6.45) is 1.73. The minimum atomic E-state index is -1.63. The van der Waals surface area contributed by atoms with Crippen LogP contribution in [0.3, 0.4) is 0 Å². The number of carboxylic acids is 1. The number of aliphatic hydroxyl groups excluding tert-OH is 1. The van der Waals surface area contributed by atoms with Gasteiger partial charge in [-0.2, -0.15) is 0 Å².